The summed E-state index contributed by atoms with van der Waals surface area (Å²) in [5.74, 6) is -1.14. The van der Waals surface area contributed by atoms with Crippen LogP contribution < -0.4 is 20.9 Å². The molecule has 9 heteroatoms. The molecule has 0 saturated heterocycles. The van der Waals surface area contributed by atoms with Crippen LogP contribution in [0.25, 0.3) is 11.3 Å². The Kier molecular flexibility index (Phi) is 3.08. The Labute approximate surface area is 197 Å². The summed E-state index contributed by atoms with van der Waals surface area (Å²) in [6, 6.07) is 6.32. The minimum absolute atomic E-state index is 0.0718. The van der Waals surface area contributed by atoms with Crippen molar-refractivity contribution in [3.05, 3.63) is 47.8 Å². The number of rotatable bonds is 5. The average Bonchev–Trinajstić information content (AvgIpc) is 3.58. The van der Waals surface area contributed by atoms with Crippen molar-refractivity contribution < 1.29 is 20.6 Å². The van der Waals surface area contributed by atoms with Crippen LogP contribution in [0.1, 0.15) is 39.7 Å². The largest absolute Gasteiger partial charge is 0.368 e. The molecule has 0 radical (unpaired) electrons. The molecule has 0 spiro atoms. The highest BCUT2D eigenvalue weighted by atomic mass is 16.2. The van der Waals surface area contributed by atoms with E-state index in [1.807, 2.05) is 5.32 Å². The standard InChI is InChI=1S/C23H25N7O2/c1-24-23(32)16-10-25-19(27-22(31)13-7-8-13)9-18(16)26-17-6-4-5-15-20-14(12-30(3)28-20)11-29(2)21(15)17/h4-6,9-10,12-13H,7-8,11H2,1-3H3,(H,24,32)(H2,25,26,27,31)/i1D3,3D3,11D2. The molecule has 3 N–H and O–H groups in total. The second-order valence-corrected chi connectivity index (χ2v) is 7.67. The Morgan fingerprint density at radius 2 is 2.16 bits per heavy atom. The Morgan fingerprint density at radius 1 is 1.28 bits per heavy atom. The van der Waals surface area contributed by atoms with Gasteiger partial charge in [-0.3, -0.25) is 14.3 Å². The number of benzene rings is 1. The minimum Gasteiger partial charge on any atom is -0.368 e. The molecule has 1 fully saturated rings. The van der Waals surface area contributed by atoms with E-state index in [0.29, 0.717) is 16.9 Å². The summed E-state index contributed by atoms with van der Waals surface area (Å²) < 4.78 is 63.6. The molecule has 0 atom stereocenters. The number of para-hydroxylation sites is 1. The molecule has 2 aromatic heterocycles. The predicted molar refractivity (Wildman–Crippen MR) is 123 cm³/mol. The molecule has 1 aromatic carbocycles. The molecule has 164 valence electrons. The molecule has 2 aliphatic rings. The van der Waals surface area contributed by atoms with E-state index < -0.39 is 26.4 Å². The third-order valence-corrected chi connectivity index (χ3v) is 5.36. The van der Waals surface area contributed by atoms with E-state index in [1.54, 1.807) is 18.2 Å². The minimum atomic E-state index is -2.77. The number of aryl methyl sites for hydroxylation is 1. The van der Waals surface area contributed by atoms with Gasteiger partial charge in [0.2, 0.25) is 5.91 Å². The highest BCUT2D eigenvalue weighted by molar-refractivity contribution is 6.02. The fourth-order valence-corrected chi connectivity index (χ4v) is 3.68. The predicted octanol–water partition coefficient (Wildman–Crippen LogP) is 2.88. The highest BCUT2D eigenvalue weighted by Gasteiger charge is 2.30. The van der Waals surface area contributed by atoms with Gasteiger partial charge in [0.25, 0.3) is 5.91 Å². The lowest BCUT2D eigenvalue weighted by Crippen LogP contribution is -2.23. The van der Waals surface area contributed by atoms with Crippen LogP contribution in [0.3, 0.4) is 0 Å². The van der Waals surface area contributed by atoms with E-state index in [-0.39, 0.29) is 40.2 Å². The number of amides is 2. The van der Waals surface area contributed by atoms with Gasteiger partial charge in [0.1, 0.15) is 5.82 Å². The molecule has 3 heterocycles. The first-order valence-electron chi connectivity index (χ1n) is 13.9. The number of carbonyl (C=O) groups excluding carboxylic acids is 2. The molecular formula is C23H25N7O2. The lowest BCUT2D eigenvalue weighted by molar-refractivity contribution is -0.117. The first kappa shape index (κ1) is 12.8. The number of nitrogens with zero attached hydrogens (tertiary/aromatic N) is 4. The normalized spacial score (nSPS) is 20.5. The fourth-order valence-electron chi connectivity index (χ4n) is 3.68. The van der Waals surface area contributed by atoms with Crippen molar-refractivity contribution in [3.63, 3.8) is 0 Å². The van der Waals surface area contributed by atoms with Crippen LogP contribution >= 0.6 is 0 Å². The molecule has 1 saturated carbocycles. The van der Waals surface area contributed by atoms with Crippen LogP contribution in [0.2, 0.25) is 0 Å². The van der Waals surface area contributed by atoms with E-state index in [4.69, 9.17) is 11.0 Å². The molecule has 32 heavy (non-hydrogen) atoms. The van der Waals surface area contributed by atoms with Crippen molar-refractivity contribution >= 4 is 34.7 Å². The van der Waals surface area contributed by atoms with Crippen molar-refractivity contribution in [1.29, 1.82) is 0 Å². The number of anilines is 4. The van der Waals surface area contributed by atoms with Crippen molar-refractivity contribution in [2.24, 2.45) is 12.9 Å². The van der Waals surface area contributed by atoms with Gasteiger partial charge in [0.05, 0.1) is 31.1 Å². The monoisotopic (exact) mass is 439 g/mol. The van der Waals surface area contributed by atoms with Crippen LogP contribution in [0, 0.1) is 5.92 Å². The molecule has 0 unspecified atom stereocenters. The summed E-state index contributed by atoms with van der Waals surface area (Å²) in [6.45, 7) is -7.55. The number of hydrogen-bond donors (Lipinski definition) is 3. The van der Waals surface area contributed by atoms with Gasteiger partial charge in [-0.25, -0.2) is 4.98 Å². The summed E-state index contributed by atoms with van der Waals surface area (Å²) in [4.78, 5) is 30.6. The number of fused-ring (bicyclic) bond motifs is 3. The van der Waals surface area contributed by atoms with E-state index >= 15 is 0 Å². The maximum Gasteiger partial charge on any atom is 0.254 e. The van der Waals surface area contributed by atoms with Crippen LogP contribution in [0.15, 0.2) is 36.7 Å². The van der Waals surface area contributed by atoms with E-state index in [2.05, 4.69) is 20.7 Å². The topological polar surface area (TPSA) is 104 Å². The van der Waals surface area contributed by atoms with Gasteiger partial charge in [-0.05, 0) is 18.9 Å². The second kappa shape index (κ2) is 7.67. The Bertz CT molecular complexity index is 1510. The van der Waals surface area contributed by atoms with Crippen LogP contribution in [0.5, 0.6) is 0 Å². The Hall–Kier alpha value is -3.88. The molecule has 0 bridgehead atoms. The number of nitrogens with one attached hydrogen (secondary N) is 3. The number of carbonyl (C=O) groups is 2. The van der Waals surface area contributed by atoms with Crippen molar-refractivity contribution in [2.75, 3.05) is 29.6 Å². The zero-order chi connectivity index (χ0) is 29.2. The SMILES string of the molecule is [2H]C([2H])([2H])NC(=O)c1cnc(NC(=O)C2CC2)cc1Nc1cccc2c1N(C)C([2H])([2H])c1cn(C([2H])([2H])[2H])nc1-2. The third kappa shape index (κ3) is 3.55. The number of hydrogen-bond acceptors (Lipinski definition) is 6. The van der Waals surface area contributed by atoms with Gasteiger partial charge >= 0.3 is 0 Å². The highest BCUT2D eigenvalue weighted by Crippen LogP contribution is 2.43. The summed E-state index contributed by atoms with van der Waals surface area (Å²) in [5, 5.41) is 11.9. The van der Waals surface area contributed by atoms with Gasteiger partial charge in [-0.2, -0.15) is 5.10 Å². The molecule has 9 nitrogen and oxygen atoms in total. The fraction of sp³-hybridized carbons (Fsp3) is 0.304. The second-order valence-electron chi connectivity index (χ2n) is 7.67. The van der Waals surface area contributed by atoms with Gasteiger partial charge in [-0.15, -0.1) is 0 Å². The van der Waals surface area contributed by atoms with Crippen LogP contribution in [-0.2, 0) is 18.3 Å². The molecule has 3 aromatic rings. The zero-order valence-electron chi connectivity index (χ0n) is 25.1. The van der Waals surface area contributed by atoms with Gasteiger partial charge in [0, 0.05) is 71.2 Å². The summed E-state index contributed by atoms with van der Waals surface area (Å²) in [6.07, 6.45) is 3.83. The smallest absolute Gasteiger partial charge is 0.254 e. The quantitative estimate of drug-likeness (QED) is 0.565. The lowest BCUT2D eigenvalue weighted by atomic mass is 9.99. The molecule has 5 rings (SSSR count). The number of aromatic nitrogens is 3. The number of pyridine rings is 1. The first-order valence-corrected chi connectivity index (χ1v) is 9.94. The first-order chi connectivity index (χ1) is 18.6. The van der Waals surface area contributed by atoms with Crippen LogP contribution in [-0.4, -0.2) is 40.6 Å². The van der Waals surface area contributed by atoms with E-state index in [9.17, 15) is 9.59 Å². The Balaban J connectivity index is 1.60. The van der Waals surface area contributed by atoms with Crippen molar-refractivity contribution in [1.82, 2.24) is 20.1 Å². The van der Waals surface area contributed by atoms with Crippen molar-refractivity contribution in [3.8, 4) is 11.3 Å². The summed E-state index contributed by atoms with van der Waals surface area (Å²) >= 11 is 0. The van der Waals surface area contributed by atoms with Gasteiger partial charge in [-0.1, -0.05) is 12.1 Å². The summed E-state index contributed by atoms with van der Waals surface area (Å²) in [5.41, 5.74) is 1.25. The lowest BCUT2D eigenvalue weighted by Gasteiger charge is -2.29. The zero-order valence-corrected chi connectivity index (χ0v) is 17.1. The maximum atomic E-state index is 12.9. The molecular weight excluding hydrogens is 406 g/mol. The van der Waals surface area contributed by atoms with E-state index in [0.717, 1.165) is 29.9 Å². The molecule has 1 aliphatic carbocycles. The van der Waals surface area contributed by atoms with E-state index in [1.165, 1.54) is 18.0 Å². The average molecular weight is 440 g/mol. The van der Waals surface area contributed by atoms with Crippen molar-refractivity contribution in [2.45, 2.75) is 19.3 Å². The van der Waals surface area contributed by atoms with Crippen LogP contribution in [0.4, 0.5) is 22.9 Å². The van der Waals surface area contributed by atoms with Gasteiger partial charge in [0.15, 0.2) is 0 Å². The molecule has 1 aliphatic heterocycles. The maximum absolute atomic E-state index is 12.9. The van der Waals surface area contributed by atoms with Gasteiger partial charge < -0.3 is 20.9 Å². The summed E-state index contributed by atoms with van der Waals surface area (Å²) in [7, 11) is 1.50. The Morgan fingerprint density at radius 3 is 2.94 bits per heavy atom. The third-order valence-electron chi connectivity index (χ3n) is 5.36. The molecule has 2 amide bonds.